The Kier molecular flexibility index (Phi) is 4.36. The monoisotopic (exact) mass is 270 g/mol. The average Bonchev–Trinajstić information content (AvgIpc) is 2.77. The molecule has 5 heteroatoms. The molecule has 1 saturated carbocycles. The molecule has 2 rings (SSSR count). The van der Waals surface area contributed by atoms with Gasteiger partial charge in [-0.3, -0.25) is 0 Å². The summed E-state index contributed by atoms with van der Waals surface area (Å²) in [5.74, 6) is 0. The Hall–Kier alpha value is -0.810. The van der Waals surface area contributed by atoms with Crippen LogP contribution in [0.2, 0.25) is 0 Å². The quantitative estimate of drug-likeness (QED) is 0.735. The van der Waals surface area contributed by atoms with Crippen LogP contribution in [0.5, 0.6) is 0 Å². The number of ether oxygens (including phenoxy) is 2. The smallest absolute Gasteiger partial charge is 0.409 e. The van der Waals surface area contributed by atoms with Crippen molar-refractivity contribution in [3.63, 3.8) is 0 Å². The van der Waals surface area contributed by atoms with Gasteiger partial charge in [0, 0.05) is 31.2 Å². The van der Waals surface area contributed by atoms with Gasteiger partial charge in [0.05, 0.1) is 12.6 Å². The number of cyclic esters (lactones) is 1. The van der Waals surface area contributed by atoms with Gasteiger partial charge in [-0.25, -0.2) is 4.79 Å². The molecule has 0 aromatic carbocycles. The number of rotatable bonds is 6. The van der Waals surface area contributed by atoms with E-state index in [1.165, 1.54) is 0 Å². The topological polar surface area (TPSA) is 42.0 Å². The first-order chi connectivity index (χ1) is 8.96. The van der Waals surface area contributed by atoms with Crippen LogP contribution in [-0.4, -0.2) is 67.9 Å². The lowest BCUT2D eigenvalue weighted by Gasteiger charge is -2.55. The molecule has 110 valence electrons. The van der Waals surface area contributed by atoms with Crippen LogP contribution in [0.4, 0.5) is 4.79 Å². The molecule has 19 heavy (non-hydrogen) atoms. The fourth-order valence-corrected chi connectivity index (χ4v) is 3.16. The first-order valence-electron chi connectivity index (χ1n) is 7.20. The van der Waals surface area contributed by atoms with E-state index in [1.54, 1.807) is 4.90 Å². The molecule has 1 saturated heterocycles. The molecule has 1 aliphatic heterocycles. The van der Waals surface area contributed by atoms with Crippen LogP contribution in [0.25, 0.3) is 0 Å². The summed E-state index contributed by atoms with van der Waals surface area (Å²) in [6.07, 6.45) is 1.28. The maximum absolute atomic E-state index is 11.4. The molecule has 0 spiro atoms. The van der Waals surface area contributed by atoms with Crippen LogP contribution in [-0.2, 0) is 9.47 Å². The zero-order valence-electron chi connectivity index (χ0n) is 12.5. The Labute approximate surface area is 115 Å². The molecule has 2 atom stereocenters. The fourth-order valence-electron chi connectivity index (χ4n) is 3.16. The predicted octanol–water partition coefficient (Wildman–Crippen LogP) is 1.57. The Morgan fingerprint density at radius 3 is 2.79 bits per heavy atom. The third-order valence-electron chi connectivity index (χ3n) is 4.59. The standard InChI is InChI=1S/C14H26N2O3/c1-5-18-12-10-11(14(12,2)3)15(4)6-7-16-8-9-19-13(16)17/h11-12H,5-10H2,1-4H3/t11-,12+/m0/s1. The second-order valence-corrected chi connectivity index (χ2v) is 6.10. The lowest BCUT2D eigenvalue weighted by molar-refractivity contribution is -0.145. The van der Waals surface area contributed by atoms with Crippen molar-refractivity contribution in [1.29, 1.82) is 0 Å². The van der Waals surface area contributed by atoms with Crippen molar-refractivity contribution < 1.29 is 14.3 Å². The van der Waals surface area contributed by atoms with Gasteiger partial charge in [-0.1, -0.05) is 13.8 Å². The SMILES string of the molecule is CCO[C@@H]1C[C@H](N(C)CCN2CCOC2=O)C1(C)C. The van der Waals surface area contributed by atoms with Gasteiger partial charge in [0.2, 0.25) is 0 Å². The molecule has 1 aliphatic carbocycles. The van der Waals surface area contributed by atoms with Crippen LogP contribution in [0.1, 0.15) is 27.2 Å². The van der Waals surface area contributed by atoms with E-state index in [-0.39, 0.29) is 11.5 Å². The third kappa shape index (κ3) is 2.87. The summed E-state index contributed by atoms with van der Waals surface area (Å²) in [6.45, 7) is 10.3. The molecule has 5 nitrogen and oxygen atoms in total. The second kappa shape index (κ2) is 5.67. The van der Waals surface area contributed by atoms with Crippen LogP contribution in [0, 0.1) is 5.41 Å². The zero-order valence-corrected chi connectivity index (χ0v) is 12.5. The Balaban J connectivity index is 1.78. The highest BCUT2D eigenvalue weighted by molar-refractivity contribution is 5.69. The number of hydrogen-bond donors (Lipinski definition) is 0. The minimum absolute atomic E-state index is 0.173. The number of hydrogen-bond acceptors (Lipinski definition) is 4. The minimum atomic E-state index is -0.173. The molecule has 0 aromatic rings. The van der Waals surface area contributed by atoms with Crippen LogP contribution in [0.3, 0.4) is 0 Å². The first-order valence-corrected chi connectivity index (χ1v) is 7.20. The summed E-state index contributed by atoms with van der Waals surface area (Å²) in [6, 6.07) is 0.530. The van der Waals surface area contributed by atoms with Gasteiger partial charge < -0.3 is 19.3 Å². The van der Waals surface area contributed by atoms with E-state index in [2.05, 4.69) is 25.8 Å². The largest absolute Gasteiger partial charge is 0.448 e. The molecule has 2 aliphatic rings. The number of nitrogens with zero attached hydrogens (tertiary/aromatic N) is 2. The zero-order chi connectivity index (χ0) is 14.0. The summed E-state index contributed by atoms with van der Waals surface area (Å²) >= 11 is 0. The van der Waals surface area contributed by atoms with E-state index in [9.17, 15) is 4.79 Å². The first kappa shape index (κ1) is 14.6. The maximum atomic E-state index is 11.4. The highest BCUT2D eigenvalue weighted by Gasteiger charge is 2.50. The molecule has 1 heterocycles. The number of carbonyl (C=O) groups excluding carboxylic acids is 1. The van der Waals surface area contributed by atoms with Gasteiger partial charge in [-0.2, -0.15) is 0 Å². The van der Waals surface area contributed by atoms with Crippen molar-refractivity contribution in [1.82, 2.24) is 9.80 Å². The molecular formula is C14H26N2O3. The molecule has 0 N–H and O–H groups in total. The molecule has 2 fully saturated rings. The van der Waals surface area contributed by atoms with E-state index >= 15 is 0 Å². The van der Waals surface area contributed by atoms with Crippen molar-refractivity contribution in [3.8, 4) is 0 Å². The lowest BCUT2D eigenvalue weighted by Crippen LogP contribution is -2.61. The summed E-state index contributed by atoms with van der Waals surface area (Å²) in [5, 5.41) is 0. The predicted molar refractivity (Wildman–Crippen MR) is 73.2 cm³/mol. The van der Waals surface area contributed by atoms with Crippen molar-refractivity contribution in [2.45, 2.75) is 39.3 Å². The van der Waals surface area contributed by atoms with E-state index in [0.29, 0.717) is 18.8 Å². The van der Waals surface area contributed by atoms with Gasteiger partial charge in [-0.15, -0.1) is 0 Å². The van der Waals surface area contributed by atoms with E-state index in [4.69, 9.17) is 9.47 Å². The lowest BCUT2D eigenvalue weighted by atomic mass is 9.64. The molecule has 0 radical (unpaired) electrons. The fraction of sp³-hybridized carbons (Fsp3) is 0.929. The number of likely N-dealkylation sites (N-methyl/N-ethyl adjacent to an activating group) is 1. The normalized spacial score (nSPS) is 29.5. The maximum Gasteiger partial charge on any atom is 0.409 e. The van der Waals surface area contributed by atoms with Gasteiger partial charge in [0.15, 0.2) is 0 Å². The van der Waals surface area contributed by atoms with E-state index < -0.39 is 0 Å². The Morgan fingerprint density at radius 1 is 1.53 bits per heavy atom. The highest BCUT2D eigenvalue weighted by Crippen LogP contribution is 2.45. The molecular weight excluding hydrogens is 244 g/mol. The van der Waals surface area contributed by atoms with E-state index in [0.717, 1.165) is 32.7 Å². The molecule has 0 unspecified atom stereocenters. The third-order valence-corrected chi connectivity index (χ3v) is 4.59. The molecule has 0 aromatic heterocycles. The number of carbonyl (C=O) groups is 1. The second-order valence-electron chi connectivity index (χ2n) is 6.10. The van der Waals surface area contributed by atoms with Crippen molar-refractivity contribution in [2.75, 3.05) is 39.9 Å². The van der Waals surface area contributed by atoms with Crippen molar-refractivity contribution >= 4 is 6.09 Å². The molecule has 0 bridgehead atoms. The van der Waals surface area contributed by atoms with Crippen LogP contribution >= 0.6 is 0 Å². The van der Waals surface area contributed by atoms with E-state index in [1.807, 2.05) is 6.92 Å². The van der Waals surface area contributed by atoms with Crippen molar-refractivity contribution in [3.05, 3.63) is 0 Å². The average molecular weight is 270 g/mol. The Bertz CT molecular complexity index is 333. The van der Waals surface area contributed by atoms with Gasteiger partial charge >= 0.3 is 6.09 Å². The summed E-state index contributed by atoms with van der Waals surface area (Å²) in [7, 11) is 2.13. The highest BCUT2D eigenvalue weighted by atomic mass is 16.6. The summed E-state index contributed by atoms with van der Waals surface area (Å²) < 4.78 is 10.7. The molecule has 1 amide bonds. The summed E-state index contributed by atoms with van der Waals surface area (Å²) in [5.41, 5.74) is 0.191. The number of amides is 1. The van der Waals surface area contributed by atoms with Crippen molar-refractivity contribution in [2.24, 2.45) is 5.41 Å². The minimum Gasteiger partial charge on any atom is -0.448 e. The van der Waals surface area contributed by atoms with Gasteiger partial charge in [0.25, 0.3) is 0 Å². The van der Waals surface area contributed by atoms with Crippen LogP contribution < -0.4 is 0 Å². The van der Waals surface area contributed by atoms with Crippen LogP contribution in [0.15, 0.2) is 0 Å². The van der Waals surface area contributed by atoms with Gasteiger partial charge in [0.1, 0.15) is 6.61 Å². The summed E-state index contributed by atoms with van der Waals surface area (Å²) in [4.78, 5) is 15.5. The Morgan fingerprint density at radius 2 is 2.26 bits per heavy atom. The van der Waals surface area contributed by atoms with Gasteiger partial charge in [-0.05, 0) is 20.4 Å².